The van der Waals surface area contributed by atoms with Crippen molar-refractivity contribution >= 4 is 0 Å². The van der Waals surface area contributed by atoms with E-state index in [4.69, 9.17) is 0 Å². The highest BCUT2D eigenvalue weighted by atomic mass is 15.0. The second kappa shape index (κ2) is 2.54. The monoisotopic (exact) mass is 141 g/mol. The second-order valence-electron chi connectivity index (χ2n) is 4.29. The van der Waals surface area contributed by atoms with Gasteiger partial charge in [-0.05, 0) is 17.3 Å². The molecule has 1 nitrogen and oxygen atoms in total. The van der Waals surface area contributed by atoms with E-state index in [2.05, 4.69) is 33.0 Å². The van der Waals surface area contributed by atoms with Gasteiger partial charge in [0.1, 0.15) is 0 Å². The van der Waals surface area contributed by atoms with Gasteiger partial charge in [0.2, 0.25) is 0 Å². The average molecular weight is 141 g/mol. The lowest BCUT2D eigenvalue weighted by Gasteiger charge is -2.46. The van der Waals surface area contributed by atoms with Crippen molar-refractivity contribution in [3.8, 4) is 0 Å². The van der Waals surface area contributed by atoms with Crippen LogP contribution in [0.15, 0.2) is 0 Å². The minimum absolute atomic E-state index is 0.591. The first-order chi connectivity index (χ1) is 4.56. The zero-order valence-corrected chi connectivity index (χ0v) is 7.57. The van der Waals surface area contributed by atoms with Crippen molar-refractivity contribution in [2.45, 2.75) is 27.7 Å². The Morgan fingerprint density at radius 3 is 1.80 bits per heavy atom. The molecule has 1 fully saturated rings. The Kier molecular flexibility index (Phi) is 2.04. The van der Waals surface area contributed by atoms with Crippen molar-refractivity contribution in [1.82, 2.24) is 5.32 Å². The molecule has 0 saturated carbocycles. The van der Waals surface area contributed by atoms with Gasteiger partial charge in [0.25, 0.3) is 0 Å². The van der Waals surface area contributed by atoms with Crippen LogP contribution in [0.1, 0.15) is 27.7 Å². The standard InChI is InChI=1S/C9H19N/c1-7(2)8(3)9(4)5-10-6-9/h7-8,10H,5-6H2,1-4H3. The minimum Gasteiger partial charge on any atom is -0.316 e. The van der Waals surface area contributed by atoms with Gasteiger partial charge in [-0.25, -0.2) is 0 Å². The molecule has 1 aliphatic heterocycles. The zero-order chi connectivity index (χ0) is 7.78. The Hall–Kier alpha value is -0.0400. The predicted octanol–water partition coefficient (Wildman–Crippen LogP) is 1.89. The van der Waals surface area contributed by atoms with Gasteiger partial charge in [0.05, 0.1) is 0 Å². The Morgan fingerprint density at radius 1 is 1.20 bits per heavy atom. The molecular weight excluding hydrogens is 122 g/mol. The molecule has 60 valence electrons. The molecule has 0 amide bonds. The maximum absolute atomic E-state index is 3.34. The van der Waals surface area contributed by atoms with Crippen LogP contribution in [-0.2, 0) is 0 Å². The van der Waals surface area contributed by atoms with Crippen molar-refractivity contribution in [3.05, 3.63) is 0 Å². The molecule has 0 aromatic carbocycles. The van der Waals surface area contributed by atoms with E-state index in [1.807, 2.05) is 0 Å². The minimum atomic E-state index is 0.591. The van der Waals surface area contributed by atoms with Crippen LogP contribution in [0.25, 0.3) is 0 Å². The van der Waals surface area contributed by atoms with Gasteiger partial charge < -0.3 is 5.32 Å². The smallest absolute Gasteiger partial charge is 0.00202 e. The van der Waals surface area contributed by atoms with Crippen LogP contribution in [0.2, 0.25) is 0 Å². The van der Waals surface area contributed by atoms with Gasteiger partial charge in [0, 0.05) is 13.1 Å². The molecule has 1 saturated heterocycles. The number of hydrogen-bond acceptors (Lipinski definition) is 1. The molecule has 1 N–H and O–H groups in total. The van der Waals surface area contributed by atoms with E-state index in [9.17, 15) is 0 Å². The third kappa shape index (κ3) is 1.20. The highest BCUT2D eigenvalue weighted by Crippen LogP contribution is 2.35. The first-order valence-corrected chi connectivity index (χ1v) is 4.27. The first-order valence-electron chi connectivity index (χ1n) is 4.27. The largest absolute Gasteiger partial charge is 0.316 e. The Morgan fingerprint density at radius 2 is 1.70 bits per heavy atom. The predicted molar refractivity (Wildman–Crippen MR) is 45.0 cm³/mol. The lowest BCUT2D eigenvalue weighted by molar-refractivity contribution is 0.0808. The first kappa shape index (κ1) is 8.06. The molecule has 1 unspecified atom stereocenters. The van der Waals surface area contributed by atoms with Gasteiger partial charge >= 0.3 is 0 Å². The van der Waals surface area contributed by atoms with Gasteiger partial charge in [0.15, 0.2) is 0 Å². The zero-order valence-electron chi connectivity index (χ0n) is 7.57. The molecular formula is C9H19N. The third-order valence-electron chi connectivity index (χ3n) is 3.16. The SMILES string of the molecule is CC(C)C(C)C1(C)CNC1. The second-order valence-corrected chi connectivity index (χ2v) is 4.29. The summed E-state index contributed by atoms with van der Waals surface area (Å²) in [4.78, 5) is 0. The molecule has 1 aliphatic rings. The molecule has 1 rings (SSSR count). The Labute approximate surface area is 64.2 Å². The summed E-state index contributed by atoms with van der Waals surface area (Å²) in [6.45, 7) is 11.8. The van der Waals surface area contributed by atoms with Gasteiger partial charge in [-0.1, -0.05) is 27.7 Å². The maximum Gasteiger partial charge on any atom is 0.00202 e. The van der Waals surface area contributed by atoms with E-state index in [1.54, 1.807) is 0 Å². The molecule has 0 aliphatic carbocycles. The van der Waals surface area contributed by atoms with E-state index in [-0.39, 0.29) is 0 Å². The molecule has 1 atom stereocenters. The van der Waals surface area contributed by atoms with Crippen LogP contribution >= 0.6 is 0 Å². The Balaban J connectivity index is 2.46. The molecule has 0 aromatic heterocycles. The molecule has 0 aromatic rings. The van der Waals surface area contributed by atoms with Crippen LogP contribution < -0.4 is 5.32 Å². The van der Waals surface area contributed by atoms with Crippen molar-refractivity contribution in [1.29, 1.82) is 0 Å². The van der Waals surface area contributed by atoms with Gasteiger partial charge in [-0.2, -0.15) is 0 Å². The summed E-state index contributed by atoms with van der Waals surface area (Å²) in [5.41, 5.74) is 0.591. The van der Waals surface area contributed by atoms with Crippen molar-refractivity contribution in [3.63, 3.8) is 0 Å². The molecule has 1 heterocycles. The fourth-order valence-corrected chi connectivity index (χ4v) is 1.65. The summed E-state index contributed by atoms with van der Waals surface area (Å²) in [7, 11) is 0. The molecule has 10 heavy (non-hydrogen) atoms. The lowest BCUT2D eigenvalue weighted by atomic mass is 9.69. The molecule has 0 radical (unpaired) electrons. The topological polar surface area (TPSA) is 12.0 Å². The molecule has 1 heteroatoms. The maximum atomic E-state index is 3.34. The summed E-state index contributed by atoms with van der Waals surface area (Å²) >= 11 is 0. The van der Waals surface area contributed by atoms with Crippen LogP contribution in [-0.4, -0.2) is 13.1 Å². The van der Waals surface area contributed by atoms with E-state index in [0.717, 1.165) is 11.8 Å². The van der Waals surface area contributed by atoms with Crippen LogP contribution in [0.3, 0.4) is 0 Å². The van der Waals surface area contributed by atoms with E-state index < -0.39 is 0 Å². The van der Waals surface area contributed by atoms with Gasteiger partial charge in [-0.15, -0.1) is 0 Å². The summed E-state index contributed by atoms with van der Waals surface area (Å²) in [6, 6.07) is 0. The van der Waals surface area contributed by atoms with Crippen molar-refractivity contribution < 1.29 is 0 Å². The van der Waals surface area contributed by atoms with E-state index in [0.29, 0.717) is 5.41 Å². The van der Waals surface area contributed by atoms with Gasteiger partial charge in [-0.3, -0.25) is 0 Å². The summed E-state index contributed by atoms with van der Waals surface area (Å²) in [6.07, 6.45) is 0. The highest BCUT2D eigenvalue weighted by Gasteiger charge is 2.38. The van der Waals surface area contributed by atoms with Crippen LogP contribution in [0, 0.1) is 17.3 Å². The number of rotatable bonds is 2. The number of nitrogens with one attached hydrogen (secondary N) is 1. The third-order valence-corrected chi connectivity index (χ3v) is 3.16. The van der Waals surface area contributed by atoms with Crippen molar-refractivity contribution in [2.75, 3.05) is 13.1 Å². The molecule has 0 bridgehead atoms. The molecule has 0 spiro atoms. The fourth-order valence-electron chi connectivity index (χ4n) is 1.65. The lowest BCUT2D eigenvalue weighted by Crippen LogP contribution is -2.56. The van der Waals surface area contributed by atoms with Crippen LogP contribution in [0.4, 0.5) is 0 Å². The fraction of sp³-hybridized carbons (Fsp3) is 1.00. The normalized spacial score (nSPS) is 26.1. The van der Waals surface area contributed by atoms with Crippen LogP contribution in [0.5, 0.6) is 0 Å². The Bertz CT molecular complexity index is 114. The summed E-state index contributed by atoms with van der Waals surface area (Å²) in [5, 5.41) is 3.34. The summed E-state index contributed by atoms with van der Waals surface area (Å²) < 4.78 is 0. The van der Waals surface area contributed by atoms with E-state index >= 15 is 0 Å². The van der Waals surface area contributed by atoms with Crippen molar-refractivity contribution in [2.24, 2.45) is 17.3 Å². The number of hydrogen-bond donors (Lipinski definition) is 1. The average Bonchev–Trinajstić information content (AvgIpc) is 1.81. The quantitative estimate of drug-likeness (QED) is 0.619. The highest BCUT2D eigenvalue weighted by molar-refractivity contribution is 4.92. The van der Waals surface area contributed by atoms with E-state index in [1.165, 1.54) is 13.1 Å². The summed E-state index contributed by atoms with van der Waals surface area (Å²) in [5.74, 6) is 1.68.